The lowest BCUT2D eigenvalue weighted by atomic mass is 10.1. The molecule has 1 amide bonds. The average Bonchev–Trinajstić information content (AvgIpc) is 3.54. The van der Waals surface area contributed by atoms with Crippen LogP contribution in [0.15, 0.2) is 48.9 Å². The number of nitrogens with one attached hydrogen (secondary N) is 2. The number of nitrogens with zero attached hydrogens (tertiary/aromatic N) is 5. The number of fused-ring (bicyclic) bond motifs is 3. The third-order valence-corrected chi connectivity index (χ3v) is 6.83. The summed E-state index contributed by atoms with van der Waals surface area (Å²) in [6, 6.07) is 11.0. The van der Waals surface area contributed by atoms with Crippen LogP contribution in [0, 0.1) is 5.92 Å². The van der Waals surface area contributed by atoms with Crippen molar-refractivity contribution in [3.8, 4) is 11.3 Å². The molecule has 174 valence electrons. The van der Waals surface area contributed by atoms with Crippen LogP contribution in [0.3, 0.4) is 0 Å². The van der Waals surface area contributed by atoms with Crippen molar-refractivity contribution in [2.24, 2.45) is 5.92 Å². The van der Waals surface area contributed by atoms with Gasteiger partial charge in [-0.05, 0) is 49.6 Å². The molecular weight excluding hydrogens is 475 g/mol. The Morgan fingerprint density at radius 3 is 2.76 bits per heavy atom. The van der Waals surface area contributed by atoms with Crippen molar-refractivity contribution in [3.05, 3.63) is 59.5 Å². The van der Waals surface area contributed by atoms with Gasteiger partial charge in [-0.15, -0.1) is 12.4 Å². The van der Waals surface area contributed by atoms with Gasteiger partial charge in [-0.2, -0.15) is 5.10 Å². The van der Waals surface area contributed by atoms with Crippen LogP contribution in [-0.2, 0) is 0 Å². The highest BCUT2D eigenvalue weighted by Crippen LogP contribution is 2.42. The number of anilines is 2. The molecule has 6 rings (SSSR count). The van der Waals surface area contributed by atoms with Crippen molar-refractivity contribution < 1.29 is 4.79 Å². The molecule has 3 atom stereocenters. The molecule has 4 heterocycles. The number of hydrogen-bond acceptors (Lipinski definition) is 7. The van der Waals surface area contributed by atoms with Gasteiger partial charge in [0.05, 0.1) is 16.5 Å². The van der Waals surface area contributed by atoms with Gasteiger partial charge in [0, 0.05) is 23.4 Å². The fraction of sp³-hybridized carbons (Fsp3) is 0.261. The third-order valence-electron chi connectivity index (χ3n) is 6.52. The minimum Gasteiger partial charge on any atom is -0.383 e. The van der Waals surface area contributed by atoms with Crippen molar-refractivity contribution in [2.45, 2.75) is 24.9 Å². The maximum Gasteiger partial charge on any atom is 0.256 e. The molecule has 1 saturated heterocycles. The lowest BCUT2D eigenvalue weighted by Gasteiger charge is -2.23. The van der Waals surface area contributed by atoms with E-state index in [1.807, 2.05) is 4.68 Å². The molecule has 1 aliphatic carbocycles. The van der Waals surface area contributed by atoms with Crippen LogP contribution in [0.5, 0.6) is 0 Å². The minimum absolute atomic E-state index is 0. The van der Waals surface area contributed by atoms with Crippen molar-refractivity contribution in [1.29, 1.82) is 0 Å². The molecule has 1 aliphatic heterocycles. The first-order chi connectivity index (χ1) is 16.1. The van der Waals surface area contributed by atoms with E-state index in [1.165, 1.54) is 6.33 Å². The van der Waals surface area contributed by atoms with E-state index >= 15 is 0 Å². The number of aromatic nitrogens is 5. The quantitative estimate of drug-likeness (QED) is 0.393. The number of hydrogen-bond donors (Lipinski definition) is 3. The van der Waals surface area contributed by atoms with Gasteiger partial charge in [0.15, 0.2) is 5.65 Å². The van der Waals surface area contributed by atoms with Gasteiger partial charge in [0.1, 0.15) is 23.7 Å². The molecule has 4 aromatic rings. The molecule has 4 N–H and O–H groups in total. The van der Waals surface area contributed by atoms with Gasteiger partial charge < -0.3 is 16.4 Å². The molecule has 9 nitrogen and oxygen atoms in total. The Morgan fingerprint density at radius 2 is 2.06 bits per heavy atom. The number of pyridine rings is 1. The Hall–Kier alpha value is -3.27. The number of halogens is 2. The molecule has 2 fully saturated rings. The van der Waals surface area contributed by atoms with Gasteiger partial charge in [-0.3, -0.25) is 4.79 Å². The fourth-order valence-corrected chi connectivity index (χ4v) is 5.25. The summed E-state index contributed by atoms with van der Waals surface area (Å²) in [6.07, 6.45) is 5.28. The molecule has 2 unspecified atom stereocenters. The van der Waals surface area contributed by atoms with Crippen LogP contribution in [0.4, 0.5) is 11.6 Å². The second kappa shape index (κ2) is 8.83. The Kier molecular flexibility index (Phi) is 5.85. The predicted molar refractivity (Wildman–Crippen MR) is 133 cm³/mol. The first-order valence-electron chi connectivity index (χ1n) is 10.8. The zero-order valence-electron chi connectivity index (χ0n) is 18.0. The predicted octanol–water partition coefficient (Wildman–Crippen LogP) is 3.72. The van der Waals surface area contributed by atoms with Crippen molar-refractivity contribution in [1.82, 2.24) is 30.0 Å². The van der Waals surface area contributed by atoms with E-state index in [4.69, 9.17) is 22.4 Å². The molecule has 1 saturated carbocycles. The maximum atomic E-state index is 12.7. The average molecular weight is 497 g/mol. The number of benzene rings is 1. The molecular formula is C23H22Cl2N8O. The topological polar surface area (TPSA) is 124 Å². The van der Waals surface area contributed by atoms with Crippen molar-refractivity contribution in [3.63, 3.8) is 0 Å². The number of piperidine rings is 1. The summed E-state index contributed by atoms with van der Waals surface area (Å²) in [5.74, 6) is 1.18. The van der Waals surface area contributed by atoms with Gasteiger partial charge in [0.25, 0.3) is 5.91 Å². The van der Waals surface area contributed by atoms with E-state index in [0.717, 1.165) is 19.4 Å². The summed E-state index contributed by atoms with van der Waals surface area (Å²) in [4.78, 5) is 25.5. The van der Waals surface area contributed by atoms with Crippen LogP contribution in [-0.4, -0.2) is 43.2 Å². The summed E-state index contributed by atoms with van der Waals surface area (Å²) >= 11 is 6.66. The number of carbonyl (C=O) groups excluding carboxylic acids is 1. The first kappa shape index (κ1) is 22.5. The van der Waals surface area contributed by atoms with E-state index in [0.29, 0.717) is 56.5 Å². The zero-order chi connectivity index (χ0) is 22.5. The van der Waals surface area contributed by atoms with Gasteiger partial charge >= 0.3 is 0 Å². The van der Waals surface area contributed by atoms with Crippen LogP contribution in [0.1, 0.15) is 29.2 Å². The lowest BCUT2D eigenvalue weighted by molar-refractivity contribution is 0.102. The molecule has 0 spiro atoms. The molecule has 3 aromatic heterocycles. The summed E-state index contributed by atoms with van der Waals surface area (Å²) in [6.45, 7) is 1.05. The second-order valence-corrected chi connectivity index (χ2v) is 8.94. The Labute approximate surface area is 206 Å². The lowest BCUT2D eigenvalue weighted by Crippen LogP contribution is -2.35. The fourth-order valence-electron chi connectivity index (χ4n) is 4.98. The Morgan fingerprint density at radius 1 is 1.18 bits per heavy atom. The maximum absolute atomic E-state index is 12.7. The minimum atomic E-state index is -0.298. The van der Waals surface area contributed by atoms with Crippen LogP contribution >= 0.6 is 24.0 Å². The largest absolute Gasteiger partial charge is 0.383 e. The highest BCUT2D eigenvalue weighted by molar-refractivity contribution is 6.34. The Bertz CT molecular complexity index is 1380. The van der Waals surface area contributed by atoms with Crippen LogP contribution in [0.2, 0.25) is 5.02 Å². The van der Waals surface area contributed by atoms with Crippen LogP contribution < -0.4 is 16.4 Å². The molecule has 11 heteroatoms. The van der Waals surface area contributed by atoms with Gasteiger partial charge in [-0.1, -0.05) is 23.7 Å². The second-order valence-electron chi connectivity index (χ2n) is 8.53. The van der Waals surface area contributed by atoms with E-state index in [9.17, 15) is 4.79 Å². The normalized spacial score (nSPS) is 20.9. The Balaban J connectivity index is 0.00000241. The molecule has 2 bridgehead atoms. The molecule has 2 aliphatic rings. The van der Waals surface area contributed by atoms with Gasteiger partial charge in [-0.25, -0.2) is 19.6 Å². The van der Waals surface area contributed by atoms with Crippen LogP contribution in [0.25, 0.3) is 22.3 Å². The number of nitrogen functional groups attached to an aromatic ring is 1. The number of nitrogens with two attached hydrogens (primary N) is 1. The number of amides is 1. The summed E-state index contributed by atoms with van der Waals surface area (Å²) in [7, 11) is 0. The molecule has 1 aromatic carbocycles. The molecule has 0 radical (unpaired) electrons. The number of rotatable bonds is 4. The van der Waals surface area contributed by atoms with E-state index in [1.54, 1.807) is 42.6 Å². The van der Waals surface area contributed by atoms with Crippen molar-refractivity contribution >= 4 is 52.6 Å². The summed E-state index contributed by atoms with van der Waals surface area (Å²) in [5.41, 5.74) is 8.67. The molecule has 34 heavy (non-hydrogen) atoms. The summed E-state index contributed by atoms with van der Waals surface area (Å²) < 4.78 is 1.97. The summed E-state index contributed by atoms with van der Waals surface area (Å²) in [5, 5.41) is 12.3. The highest BCUT2D eigenvalue weighted by atomic mass is 35.5. The van der Waals surface area contributed by atoms with E-state index in [2.05, 4.69) is 25.6 Å². The van der Waals surface area contributed by atoms with Crippen molar-refractivity contribution in [2.75, 3.05) is 17.6 Å². The monoisotopic (exact) mass is 496 g/mol. The standard InChI is InChI=1S/C23H21ClN8O.ClH/c24-15-9-13(23(33)30-18-3-1-2-6-26-18)4-5-14(15)20-19-21(25)28-11-29-22(19)32(31-20)17-8-12-7-16(17)27-10-12;/h1-6,9,11-12,16-17,27H,7-8,10H2,(H2,25,28,29)(H,26,30,33);1H/t12-,16?,17?;/m1./s1. The highest BCUT2D eigenvalue weighted by Gasteiger charge is 2.42. The zero-order valence-corrected chi connectivity index (χ0v) is 19.6. The third kappa shape index (κ3) is 3.75. The number of carbonyl (C=O) groups is 1. The smallest absolute Gasteiger partial charge is 0.256 e. The first-order valence-corrected chi connectivity index (χ1v) is 11.2. The SMILES string of the molecule is Cl.Nc1ncnc2c1c(-c1ccc(C(=O)Nc3ccccn3)cc1Cl)nn2C1C[C@@H]2CNC1C2. The van der Waals surface area contributed by atoms with Gasteiger partial charge in [0.2, 0.25) is 0 Å². The van der Waals surface area contributed by atoms with E-state index in [-0.39, 0.29) is 24.4 Å². The van der Waals surface area contributed by atoms with E-state index < -0.39 is 0 Å².